The summed E-state index contributed by atoms with van der Waals surface area (Å²) in [5.41, 5.74) is 8.15. The molecule has 1 aromatic heterocycles. The number of carbonyl (C=O) groups is 1. The van der Waals surface area contributed by atoms with Crippen LogP contribution in [-0.4, -0.2) is 10.8 Å². The van der Waals surface area contributed by atoms with Gasteiger partial charge in [-0.1, -0.05) is 18.2 Å². The van der Waals surface area contributed by atoms with Gasteiger partial charge in [0.25, 0.3) is 0 Å². The molecule has 0 unspecified atom stereocenters. The van der Waals surface area contributed by atoms with Gasteiger partial charge in [-0.2, -0.15) is 0 Å². The molecule has 4 heteroatoms. The molecule has 2 aromatic rings. The van der Waals surface area contributed by atoms with Crippen molar-refractivity contribution < 1.29 is 4.79 Å². The third-order valence-electron chi connectivity index (χ3n) is 2.54. The van der Waals surface area contributed by atoms with Crippen molar-refractivity contribution in [3.05, 3.63) is 64.4 Å². The van der Waals surface area contributed by atoms with Crippen LogP contribution in [0.4, 0.5) is 5.69 Å². The number of pyridine rings is 1. The summed E-state index contributed by atoms with van der Waals surface area (Å²) in [6.45, 7) is 0. The van der Waals surface area contributed by atoms with Crippen molar-refractivity contribution in [3.8, 4) is 0 Å². The van der Waals surface area contributed by atoms with E-state index in [2.05, 4.69) is 20.9 Å². The van der Waals surface area contributed by atoms with Crippen molar-refractivity contribution in [2.24, 2.45) is 0 Å². The summed E-state index contributed by atoms with van der Waals surface area (Å²) in [5, 5.41) is 0. The summed E-state index contributed by atoms with van der Waals surface area (Å²) in [6, 6.07) is 9.26. The first kappa shape index (κ1) is 13.5. The van der Waals surface area contributed by atoms with E-state index in [4.69, 9.17) is 5.73 Å². The van der Waals surface area contributed by atoms with Crippen molar-refractivity contribution in [3.63, 3.8) is 0 Å². The molecular formula is C15H13BrN2O. The van der Waals surface area contributed by atoms with E-state index in [0.29, 0.717) is 12.1 Å². The summed E-state index contributed by atoms with van der Waals surface area (Å²) in [4.78, 5) is 15.8. The summed E-state index contributed by atoms with van der Waals surface area (Å²) >= 11 is 3.33. The van der Waals surface area contributed by atoms with Gasteiger partial charge in [0.15, 0.2) is 5.78 Å². The third kappa shape index (κ3) is 4.34. The Morgan fingerprint density at radius 3 is 2.68 bits per heavy atom. The monoisotopic (exact) mass is 316 g/mol. The number of nitrogens with zero attached hydrogens (tertiary/aromatic N) is 1. The van der Waals surface area contributed by atoms with Crippen molar-refractivity contribution in [2.75, 3.05) is 5.73 Å². The molecule has 0 aliphatic carbocycles. The molecule has 1 aromatic carbocycles. The van der Waals surface area contributed by atoms with E-state index in [-0.39, 0.29) is 5.78 Å². The van der Waals surface area contributed by atoms with E-state index < -0.39 is 0 Å². The molecule has 0 amide bonds. The number of anilines is 1. The fraction of sp³-hybridized carbons (Fsp3) is 0.0667. The highest BCUT2D eigenvalue weighted by Gasteiger charge is 2.01. The minimum absolute atomic E-state index is 0.0386. The molecule has 2 rings (SSSR count). The zero-order chi connectivity index (χ0) is 13.7. The lowest BCUT2D eigenvalue weighted by Gasteiger charge is -1.98. The first-order valence-electron chi connectivity index (χ1n) is 5.79. The first-order chi connectivity index (χ1) is 9.13. The predicted octanol–water partition coefficient (Wildman–Crippen LogP) is 3.25. The molecule has 0 aliphatic heterocycles. The average Bonchev–Trinajstić information content (AvgIpc) is 2.38. The van der Waals surface area contributed by atoms with Gasteiger partial charge >= 0.3 is 0 Å². The Bertz CT molecular complexity index is 606. The van der Waals surface area contributed by atoms with Crippen LogP contribution < -0.4 is 5.73 Å². The molecule has 96 valence electrons. The molecule has 0 bridgehead atoms. The Kier molecular flexibility index (Phi) is 4.47. The van der Waals surface area contributed by atoms with Crippen LogP contribution in [0.15, 0.2) is 53.3 Å². The van der Waals surface area contributed by atoms with Crippen LogP contribution in [0.5, 0.6) is 0 Å². The second-order valence-corrected chi connectivity index (χ2v) is 5.07. The number of hydrogen-bond donors (Lipinski definition) is 1. The van der Waals surface area contributed by atoms with Gasteiger partial charge < -0.3 is 5.73 Å². The summed E-state index contributed by atoms with van der Waals surface area (Å²) in [5.74, 6) is 0.0386. The number of nitrogens with two attached hydrogens (primary N) is 1. The van der Waals surface area contributed by atoms with Gasteiger partial charge in [0.1, 0.15) is 0 Å². The molecule has 0 atom stereocenters. The highest BCUT2D eigenvalue weighted by Crippen LogP contribution is 2.11. The number of nitrogen functional groups attached to an aromatic ring is 1. The van der Waals surface area contributed by atoms with Crippen LogP contribution in [0, 0.1) is 0 Å². The van der Waals surface area contributed by atoms with Gasteiger partial charge in [-0.3, -0.25) is 9.78 Å². The quantitative estimate of drug-likeness (QED) is 0.696. The maximum Gasteiger partial charge on any atom is 0.160 e. The number of hydrogen-bond acceptors (Lipinski definition) is 3. The van der Waals surface area contributed by atoms with Crippen LogP contribution in [0.2, 0.25) is 0 Å². The van der Waals surface area contributed by atoms with Gasteiger partial charge in [0.05, 0.1) is 0 Å². The normalized spacial score (nSPS) is 10.8. The Labute approximate surface area is 120 Å². The summed E-state index contributed by atoms with van der Waals surface area (Å²) in [7, 11) is 0. The highest BCUT2D eigenvalue weighted by molar-refractivity contribution is 9.10. The van der Waals surface area contributed by atoms with Gasteiger partial charge in [-0.15, -0.1) is 0 Å². The third-order valence-corrected chi connectivity index (χ3v) is 2.97. The number of benzene rings is 1. The lowest BCUT2D eigenvalue weighted by atomic mass is 10.1. The molecule has 2 N–H and O–H groups in total. The van der Waals surface area contributed by atoms with Crippen molar-refractivity contribution in [1.29, 1.82) is 0 Å². The number of aromatic nitrogens is 1. The Morgan fingerprint density at radius 1 is 1.26 bits per heavy atom. The maximum absolute atomic E-state index is 11.8. The zero-order valence-electron chi connectivity index (χ0n) is 10.2. The lowest BCUT2D eigenvalue weighted by Crippen LogP contribution is -1.98. The smallest absolute Gasteiger partial charge is 0.160 e. The van der Waals surface area contributed by atoms with Crippen molar-refractivity contribution >= 4 is 33.5 Å². The second kappa shape index (κ2) is 6.29. The molecule has 0 aliphatic rings. The highest BCUT2D eigenvalue weighted by atomic mass is 79.9. The second-order valence-electron chi connectivity index (χ2n) is 4.15. The van der Waals surface area contributed by atoms with Crippen LogP contribution in [-0.2, 0) is 11.2 Å². The Hall–Kier alpha value is -1.94. The zero-order valence-corrected chi connectivity index (χ0v) is 11.8. The number of rotatable bonds is 4. The molecule has 3 nitrogen and oxygen atoms in total. The fourth-order valence-corrected chi connectivity index (χ4v) is 2.02. The molecule has 0 saturated heterocycles. The van der Waals surface area contributed by atoms with Gasteiger partial charge in [0, 0.05) is 29.0 Å². The molecule has 19 heavy (non-hydrogen) atoms. The van der Waals surface area contributed by atoms with Gasteiger partial charge in [-0.05, 0) is 51.3 Å². The lowest BCUT2D eigenvalue weighted by molar-refractivity contribution is -0.113. The van der Waals surface area contributed by atoms with E-state index in [1.54, 1.807) is 24.5 Å². The first-order valence-corrected chi connectivity index (χ1v) is 6.59. The summed E-state index contributed by atoms with van der Waals surface area (Å²) in [6.07, 6.45) is 7.09. The number of allylic oxidation sites excluding steroid dienone is 1. The van der Waals surface area contributed by atoms with E-state index >= 15 is 0 Å². The SMILES string of the molecule is Nc1ccc(/C=C/C(=O)Cc2cncc(Br)c2)cc1. The van der Waals surface area contributed by atoms with Crippen molar-refractivity contribution in [1.82, 2.24) is 4.98 Å². The standard InChI is InChI=1S/C15H13BrN2O/c16-13-7-12(9-18-10-13)8-15(19)6-3-11-1-4-14(17)5-2-11/h1-7,9-10H,8,17H2/b6-3+. The molecule has 1 heterocycles. The number of carbonyl (C=O) groups excluding carboxylic acids is 1. The molecule has 0 spiro atoms. The Morgan fingerprint density at radius 2 is 2.00 bits per heavy atom. The fourth-order valence-electron chi connectivity index (χ4n) is 1.61. The van der Waals surface area contributed by atoms with E-state index in [9.17, 15) is 4.79 Å². The maximum atomic E-state index is 11.8. The minimum atomic E-state index is 0.0386. The molecule has 0 fully saturated rings. The molecular weight excluding hydrogens is 304 g/mol. The van der Waals surface area contributed by atoms with Crippen molar-refractivity contribution in [2.45, 2.75) is 6.42 Å². The van der Waals surface area contributed by atoms with Gasteiger partial charge in [-0.25, -0.2) is 0 Å². The van der Waals surface area contributed by atoms with Crippen LogP contribution in [0.25, 0.3) is 6.08 Å². The number of halogens is 1. The Balaban J connectivity index is 1.99. The summed E-state index contributed by atoms with van der Waals surface area (Å²) < 4.78 is 0.875. The van der Waals surface area contributed by atoms with Crippen LogP contribution >= 0.6 is 15.9 Å². The number of ketones is 1. The molecule has 0 saturated carbocycles. The van der Waals surface area contributed by atoms with Crippen LogP contribution in [0.1, 0.15) is 11.1 Å². The van der Waals surface area contributed by atoms with Gasteiger partial charge in [0.2, 0.25) is 0 Å². The largest absolute Gasteiger partial charge is 0.399 e. The molecule has 0 radical (unpaired) electrons. The average molecular weight is 317 g/mol. The van der Waals surface area contributed by atoms with E-state index in [1.165, 1.54) is 0 Å². The minimum Gasteiger partial charge on any atom is -0.399 e. The van der Waals surface area contributed by atoms with Crippen LogP contribution in [0.3, 0.4) is 0 Å². The van der Waals surface area contributed by atoms with E-state index in [0.717, 1.165) is 15.6 Å². The topological polar surface area (TPSA) is 56.0 Å². The predicted molar refractivity (Wildman–Crippen MR) is 80.5 cm³/mol. The van der Waals surface area contributed by atoms with E-state index in [1.807, 2.05) is 30.3 Å².